The van der Waals surface area contributed by atoms with E-state index in [4.69, 9.17) is 0 Å². The molecular weight excluding hydrogens is 497 g/mol. The number of rotatable bonds is 1. The molecule has 7 aliphatic carbocycles. The van der Waals surface area contributed by atoms with Crippen molar-refractivity contribution in [3.8, 4) is 0 Å². The predicted octanol–water partition coefficient (Wildman–Crippen LogP) is 11.6. The summed E-state index contributed by atoms with van der Waals surface area (Å²) in [7, 11) is -1.43. The molecule has 226 valence electrons. The zero-order chi connectivity index (χ0) is 28.2. The molecule has 0 N–H and O–H groups in total. The summed E-state index contributed by atoms with van der Waals surface area (Å²) in [5, 5.41) is 0. The number of hydrogen-bond acceptors (Lipinski definition) is 0. The number of hydrogen-bond donors (Lipinski definition) is 0. The standard InChI is InChI=1S/C39H66Si/c1-36(2)16-17-37(3,4)29-22-27-25(20-28(29)36)26-21-30-33(39(7,8)19-18-38(30,5)6)35-32(26)34(27)40(35,9)31-15-14-23-12-10-11-13-24(23)31/h23-35H,10-22H2,1-9H3. The second-order valence-corrected chi connectivity index (χ2v) is 25.7. The molecule has 8 rings (SSSR count). The molecule has 1 heteroatoms. The van der Waals surface area contributed by atoms with Crippen LogP contribution in [-0.2, 0) is 0 Å². The van der Waals surface area contributed by atoms with Crippen LogP contribution >= 0.6 is 0 Å². The molecule has 0 spiro atoms. The molecule has 0 radical (unpaired) electrons. The zero-order valence-corrected chi connectivity index (χ0v) is 29.2. The first kappa shape index (κ1) is 27.7. The molecule has 7 saturated carbocycles. The Bertz CT molecular complexity index is 1020. The van der Waals surface area contributed by atoms with Gasteiger partial charge in [-0.25, -0.2) is 0 Å². The van der Waals surface area contributed by atoms with E-state index in [0.717, 1.165) is 59.2 Å². The minimum Gasteiger partial charge on any atom is -0.0685 e. The van der Waals surface area contributed by atoms with Crippen molar-refractivity contribution in [1.29, 1.82) is 0 Å². The fraction of sp³-hybridized carbons (Fsp3) is 1.00. The van der Waals surface area contributed by atoms with Crippen LogP contribution in [0.1, 0.15) is 139 Å². The van der Waals surface area contributed by atoms with Gasteiger partial charge in [-0.1, -0.05) is 100 Å². The first-order chi connectivity index (χ1) is 18.7. The lowest BCUT2D eigenvalue weighted by atomic mass is 9.46. The summed E-state index contributed by atoms with van der Waals surface area (Å²) in [5.74, 6) is 10.8. The van der Waals surface area contributed by atoms with Gasteiger partial charge in [-0.3, -0.25) is 0 Å². The van der Waals surface area contributed by atoms with Crippen molar-refractivity contribution in [2.24, 2.45) is 80.8 Å². The van der Waals surface area contributed by atoms with Gasteiger partial charge in [-0.05, 0) is 142 Å². The highest BCUT2D eigenvalue weighted by molar-refractivity contribution is 6.86. The molecule has 40 heavy (non-hydrogen) atoms. The molecule has 0 amide bonds. The van der Waals surface area contributed by atoms with E-state index in [1.807, 2.05) is 0 Å². The van der Waals surface area contributed by atoms with Gasteiger partial charge in [-0.15, -0.1) is 0 Å². The average molecular weight is 563 g/mol. The summed E-state index contributed by atoms with van der Waals surface area (Å²) in [6, 6.07) is 0. The van der Waals surface area contributed by atoms with Crippen LogP contribution in [0.25, 0.3) is 0 Å². The van der Waals surface area contributed by atoms with Crippen molar-refractivity contribution < 1.29 is 0 Å². The Labute approximate surface area is 250 Å². The van der Waals surface area contributed by atoms with Gasteiger partial charge in [0.2, 0.25) is 0 Å². The van der Waals surface area contributed by atoms with E-state index in [0.29, 0.717) is 21.7 Å². The SMILES string of the molecule is CC1(C)CCC(C)(C)C2CC3C(CC21)C1CC2C(C4C1C3[Si]4(C)C1CCC3CCCCC31)C(C)(C)CCC2(C)C. The van der Waals surface area contributed by atoms with Crippen LogP contribution in [0.5, 0.6) is 0 Å². The van der Waals surface area contributed by atoms with Crippen LogP contribution in [0.2, 0.25) is 23.2 Å². The van der Waals surface area contributed by atoms with Gasteiger partial charge in [0.25, 0.3) is 0 Å². The van der Waals surface area contributed by atoms with E-state index in [-0.39, 0.29) is 0 Å². The van der Waals surface area contributed by atoms with Crippen molar-refractivity contribution in [3.63, 3.8) is 0 Å². The summed E-state index contributed by atoms with van der Waals surface area (Å²) in [6.45, 7) is 24.9. The molecular formula is C39H66Si. The Morgan fingerprint density at radius 3 is 1.73 bits per heavy atom. The topological polar surface area (TPSA) is 0 Å². The minimum atomic E-state index is -1.43. The third-order valence-corrected chi connectivity index (χ3v) is 24.8. The molecule has 0 bridgehead atoms. The summed E-state index contributed by atoms with van der Waals surface area (Å²) in [6.07, 6.45) is 20.4. The third-order valence-electron chi connectivity index (χ3n) is 18.1. The summed E-state index contributed by atoms with van der Waals surface area (Å²) in [4.78, 5) is 0. The molecule has 1 heterocycles. The molecule has 1 saturated heterocycles. The van der Waals surface area contributed by atoms with E-state index in [1.165, 1.54) is 42.3 Å². The predicted molar refractivity (Wildman–Crippen MR) is 173 cm³/mol. The van der Waals surface area contributed by atoms with Crippen molar-refractivity contribution in [3.05, 3.63) is 0 Å². The normalized spacial score (nSPS) is 58.0. The Kier molecular flexibility index (Phi) is 5.88. The van der Waals surface area contributed by atoms with Crippen molar-refractivity contribution in [1.82, 2.24) is 0 Å². The molecule has 0 aromatic rings. The summed E-state index contributed by atoms with van der Waals surface area (Å²) < 4.78 is 0. The Hall–Kier alpha value is 0.217. The first-order valence-corrected chi connectivity index (χ1v) is 21.4. The smallest absolute Gasteiger partial charge is 0.0612 e. The van der Waals surface area contributed by atoms with E-state index in [1.54, 1.807) is 57.8 Å². The zero-order valence-electron chi connectivity index (χ0n) is 28.2. The second kappa shape index (κ2) is 8.47. The second-order valence-electron chi connectivity index (χ2n) is 20.9. The minimum absolute atomic E-state index is 0.565. The van der Waals surface area contributed by atoms with E-state index in [2.05, 4.69) is 61.9 Å². The van der Waals surface area contributed by atoms with Crippen molar-refractivity contribution in [2.75, 3.05) is 0 Å². The van der Waals surface area contributed by atoms with E-state index >= 15 is 0 Å². The monoisotopic (exact) mass is 562 g/mol. The van der Waals surface area contributed by atoms with Crippen molar-refractivity contribution >= 4 is 8.07 Å². The fourth-order valence-corrected chi connectivity index (χ4v) is 24.7. The molecule has 8 aliphatic rings. The van der Waals surface area contributed by atoms with Gasteiger partial charge in [0, 0.05) is 0 Å². The highest BCUT2D eigenvalue weighted by Gasteiger charge is 2.79. The average Bonchev–Trinajstić information content (AvgIpc) is 3.46. The van der Waals surface area contributed by atoms with Gasteiger partial charge < -0.3 is 0 Å². The maximum atomic E-state index is 3.13. The molecule has 0 aromatic carbocycles. The van der Waals surface area contributed by atoms with Crippen LogP contribution < -0.4 is 0 Å². The highest BCUT2D eigenvalue weighted by Crippen LogP contribution is 2.85. The maximum Gasteiger partial charge on any atom is 0.0612 e. The van der Waals surface area contributed by atoms with Gasteiger partial charge in [0.15, 0.2) is 0 Å². The molecule has 14 unspecified atom stereocenters. The fourth-order valence-electron chi connectivity index (χ4n) is 16.1. The van der Waals surface area contributed by atoms with Gasteiger partial charge in [0.1, 0.15) is 0 Å². The van der Waals surface area contributed by atoms with Crippen LogP contribution in [-0.4, -0.2) is 8.07 Å². The lowest BCUT2D eigenvalue weighted by Gasteiger charge is -2.73. The van der Waals surface area contributed by atoms with E-state index < -0.39 is 8.07 Å². The maximum absolute atomic E-state index is 3.13. The molecule has 14 atom stereocenters. The quantitative estimate of drug-likeness (QED) is 0.279. The molecule has 0 aromatic heterocycles. The lowest BCUT2D eigenvalue weighted by molar-refractivity contribution is -0.0988. The van der Waals surface area contributed by atoms with Gasteiger partial charge in [-0.2, -0.15) is 0 Å². The molecule has 8 fully saturated rings. The Morgan fingerprint density at radius 1 is 0.500 bits per heavy atom. The van der Waals surface area contributed by atoms with Crippen LogP contribution in [0.4, 0.5) is 0 Å². The third kappa shape index (κ3) is 3.43. The summed E-state index contributed by atoms with van der Waals surface area (Å²) >= 11 is 0. The van der Waals surface area contributed by atoms with Crippen LogP contribution in [0.15, 0.2) is 0 Å². The van der Waals surface area contributed by atoms with Gasteiger partial charge in [0.05, 0.1) is 8.07 Å². The van der Waals surface area contributed by atoms with Crippen LogP contribution in [0, 0.1) is 80.8 Å². The van der Waals surface area contributed by atoms with Gasteiger partial charge >= 0.3 is 0 Å². The summed E-state index contributed by atoms with van der Waals surface area (Å²) in [5.41, 5.74) is 5.85. The lowest BCUT2D eigenvalue weighted by Crippen LogP contribution is -2.69. The van der Waals surface area contributed by atoms with Crippen LogP contribution in [0.3, 0.4) is 0 Å². The first-order valence-electron chi connectivity index (χ1n) is 18.7. The highest BCUT2D eigenvalue weighted by atomic mass is 28.3. The Morgan fingerprint density at radius 2 is 1.05 bits per heavy atom. The van der Waals surface area contributed by atoms with E-state index in [9.17, 15) is 0 Å². The Balaban J connectivity index is 1.25. The molecule has 1 aliphatic heterocycles. The van der Waals surface area contributed by atoms with Crippen molar-refractivity contribution in [2.45, 2.75) is 162 Å². The number of fused-ring (bicyclic) bond motifs is 7. The molecule has 0 nitrogen and oxygen atoms in total. The largest absolute Gasteiger partial charge is 0.0685 e.